The highest BCUT2D eigenvalue weighted by molar-refractivity contribution is 7.10. The minimum Gasteiger partial charge on any atom is -0.338 e. The molecule has 0 radical (unpaired) electrons. The van der Waals surface area contributed by atoms with Gasteiger partial charge in [0.05, 0.1) is 6.04 Å². The Bertz CT molecular complexity index is 391. The van der Waals surface area contributed by atoms with Gasteiger partial charge in [-0.1, -0.05) is 6.07 Å². The highest BCUT2D eigenvalue weighted by Crippen LogP contribution is 2.27. The lowest BCUT2D eigenvalue weighted by molar-refractivity contribution is -0.137. The average Bonchev–Trinajstić information content (AvgIpc) is 2.90. The summed E-state index contributed by atoms with van der Waals surface area (Å²) in [5, 5.41) is 5.46. The van der Waals surface area contributed by atoms with Crippen LogP contribution in [0.15, 0.2) is 17.5 Å². The van der Waals surface area contributed by atoms with Gasteiger partial charge >= 0.3 is 0 Å². The first-order valence-electron chi connectivity index (χ1n) is 6.63. The molecule has 2 rings (SSSR count). The molecule has 1 saturated heterocycles. The number of amides is 1. The second-order valence-electron chi connectivity index (χ2n) is 5.22. The number of carbonyl (C=O) groups is 1. The second kappa shape index (κ2) is 5.85. The maximum absolute atomic E-state index is 12.5. The molecule has 4 heteroatoms. The molecule has 1 aromatic rings. The van der Waals surface area contributed by atoms with E-state index in [2.05, 4.69) is 30.6 Å². The summed E-state index contributed by atoms with van der Waals surface area (Å²) in [6.45, 7) is 5.22. The summed E-state index contributed by atoms with van der Waals surface area (Å²) < 4.78 is 0. The van der Waals surface area contributed by atoms with Crippen molar-refractivity contribution in [3.63, 3.8) is 0 Å². The van der Waals surface area contributed by atoms with E-state index >= 15 is 0 Å². The van der Waals surface area contributed by atoms with E-state index in [1.165, 1.54) is 4.88 Å². The molecule has 0 aliphatic carbocycles. The maximum atomic E-state index is 12.5. The van der Waals surface area contributed by atoms with E-state index in [0.717, 1.165) is 19.4 Å². The number of rotatable bonds is 3. The molecule has 1 N–H and O–H groups in total. The summed E-state index contributed by atoms with van der Waals surface area (Å²) in [5.74, 6) is 0.484. The van der Waals surface area contributed by atoms with Crippen LogP contribution in [0.2, 0.25) is 0 Å². The van der Waals surface area contributed by atoms with Crippen molar-refractivity contribution >= 4 is 17.2 Å². The molecular weight excluding hydrogens is 244 g/mol. The molecule has 0 aromatic carbocycles. The van der Waals surface area contributed by atoms with Gasteiger partial charge in [-0.25, -0.2) is 0 Å². The first-order chi connectivity index (χ1) is 8.59. The molecule has 1 aliphatic rings. The van der Waals surface area contributed by atoms with E-state index in [1.807, 2.05) is 18.0 Å². The number of carbonyl (C=O) groups excluding carboxylic acids is 1. The Hall–Kier alpha value is -0.870. The zero-order chi connectivity index (χ0) is 13.1. The Morgan fingerprint density at radius 3 is 3.00 bits per heavy atom. The molecule has 1 amide bonds. The van der Waals surface area contributed by atoms with E-state index in [4.69, 9.17) is 0 Å². The van der Waals surface area contributed by atoms with Crippen molar-refractivity contribution in [2.24, 2.45) is 5.92 Å². The zero-order valence-electron chi connectivity index (χ0n) is 11.3. The molecule has 1 aliphatic heterocycles. The normalized spacial score (nSPS) is 25.7. The van der Waals surface area contributed by atoms with Crippen molar-refractivity contribution in [2.75, 3.05) is 13.6 Å². The lowest BCUT2D eigenvalue weighted by atomic mass is 9.91. The third kappa shape index (κ3) is 2.93. The van der Waals surface area contributed by atoms with Gasteiger partial charge in [-0.2, -0.15) is 0 Å². The van der Waals surface area contributed by atoms with Gasteiger partial charge in [-0.3, -0.25) is 4.79 Å². The molecular formula is C14H22N2OS. The number of nitrogens with one attached hydrogen (secondary N) is 1. The number of piperidine rings is 1. The van der Waals surface area contributed by atoms with Gasteiger partial charge in [0, 0.05) is 23.9 Å². The first-order valence-corrected chi connectivity index (χ1v) is 7.51. The van der Waals surface area contributed by atoms with Crippen molar-refractivity contribution in [1.29, 1.82) is 0 Å². The Morgan fingerprint density at radius 1 is 1.61 bits per heavy atom. The van der Waals surface area contributed by atoms with Gasteiger partial charge in [0.2, 0.25) is 5.91 Å². The Kier molecular flexibility index (Phi) is 4.40. The van der Waals surface area contributed by atoms with Crippen molar-refractivity contribution in [1.82, 2.24) is 10.2 Å². The minimum atomic E-state index is 0.183. The van der Waals surface area contributed by atoms with Gasteiger partial charge in [-0.05, 0) is 44.7 Å². The van der Waals surface area contributed by atoms with Gasteiger partial charge in [-0.15, -0.1) is 11.3 Å². The molecule has 2 heterocycles. The predicted molar refractivity (Wildman–Crippen MR) is 75.7 cm³/mol. The summed E-state index contributed by atoms with van der Waals surface area (Å²) in [6.07, 6.45) is 1.92. The molecule has 1 fully saturated rings. The number of nitrogens with zero attached hydrogens (tertiary/aromatic N) is 1. The van der Waals surface area contributed by atoms with Crippen LogP contribution >= 0.6 is 11.3 Å². The average molecular weight is 266 g/mol. The molecule has 1 unspecified atom stereocenters. The zero-order valence-corrected chi connectivity index (χ0v) is 12.2. The van der Waals surface area contributed by atoms with Gasteiger partial charge in [0.15, 0.2) is 0 Å². The summed E-state index contributed by atoms with van der Waals surface area (Å²) in [4.78, 5) is 15.7. The molecule has 0 spiro atoms. The van der Waals surface area contributed by atoms with Gasteiger partial charge in [0.1, 0.15) is 0 Å². The van der Waals surface area contributed by atoms with Crippen LogP contribution in [0.5, 0.6) is 0 Å². The second-order valence-corrected chi connectivity index (χ2v) is 6.20. The SMILES string of the molecule is CC(c1cccs1)N(C)C(=O)[C@H]1CCN[C@@H](C)C1. The summed E-state index contributed by atoms with van der Waals surface area (Å²) in [5.41, 5.74) is 0. The van der Waals surface area contributed by atoms with Crippen LogP contribution in [-0.2, 0) is 4.79 Å². The summed E-state index contributed by atoms with van der Waals surface area (Å²) in [7, 11) is 1.93. The maximum Gasteiger partial charge on any atom is 0.226 e. The minimum absolute atomic E-state index is 0.183. The van der Waals surface area contributed by atoms with Crippen LogP contribution in [0.3, 0.4) is 0 Å². The highest BCUT2D eigenvalue weighted by atomic mass is 32.1. The quantitative estimate of drug-likeness (QED) is 0.912. The molecule has 100 valence electrons. The van der Waals surface area contributed by atoms with Gasteiger partial charge < -0.3 is 10.2 Å². The Morgan fingerprint density at radius 2 is 2.39 bits per heavy atom. The van der Waals surface area contributed by atoms with Gasteiger partial charge in [0.25, 0.3) is 0 Å². The van der Waals surface area contributed by atoms with E-state index < -0.39 is 0 Å². The molecule has 0 bridgehead atoms. The largest absolute Gasteiger partial charge is 0.338 e. The predicted octanol–water partition coefficient (Wildman–Crippen LogP) is 2.66. The molecule has 3 atom stereocenters. The summed E-state index contributed by atoms with van der Waals surface area (Å²) >= 11 is 1.72. The number of thiophene rings is 1. The lowest BCUT2D eigenvalue weighted by Crippen LogP contribution is -2.43. The van der Waals surface area contributed by atoms with Crippen molar-refractivity contribution < 1.29 is 4.79 Å². The van der Waals surface area contributed by atoms with E-state index in [-0.39, 0.29) is 12.0 Å². The summed E-state index contributed by atoms with van der Waals surface area (Å²) in [6, 6.07) is 4.78. The smallest absolute Gasteiger partial charge is 0.226 e. The first kappa shape index (κ1) is 13.6. The monoisotopic (exact) mass is 266 g/mol. The van der Waals surface area contributed by atoms with Crippen LogP contribution in [0, 0.1) is 5.92 Å². The van der Waals surface area contributed by atoms with Crippen molar-refractivity contribution in [3.05, 3.63) is 22.4 Å². The lowest BCUT2D eigenvalue weighted by Gasteiger charge is -2.32. The van der Waals surface area contributed by atoms with Crippen LogP contribution in [0.1, 0.15) is 37.6 Å². The Labute approximate surface area is 113 Å². The molecule has 18 heavy (non-hydrogen) atoms. The number of hydrogen-bond acceptors (Lipinski definition) is 3. The fourth-order valence-corrected chi connectivity index (χ4v) is 3.38. The fraction of sp³-hybridized carbons (Fsp3) is 0.643. The van der Waals surface area contributed by atoms with E-state index in [9.17, 15) is 4.79 Å². The van der Waals surface area contributed by atoms with Crippen LogP contribution in [0.4, 0.5) is 0 Å². The van der Waals surface area contributed by atoms with E-state index in [0.29, 0.717) is 11.9 Å². The molecule has 3 nitrogen and oxygen atoms in total. The standard InChI is InChI=1S/C14H22N2OS/c1-10-9-12(6-7-15-10)14(17)16(3)11(2)13-5-4-8-18-13/h4-5,8,10-12,15H,6-7,9H2,1-3H3/t10-,11?,12-/m0/s1. The third-order valence-corrected chi connectivity index (χ3v) is 4.90. The fourth-order valence-electron chi connectivity index (χ4n) is 2.55. The van der Waals surface area contributed by atoms with Crippen molar-refractivity contribution in [2.45, 2.75) is 38.8 Å². The molecule has 1 aromatic heterocycles. The topological polar surface area (TPSA) is 32.3 Å². The third-order valence-electron chi connectivity index (χ3n) is 3.86. The highest BCUT2D eigenvalue weighted by Gasteiger charge is 2.29. The van der Waals surface area contributed by atoms with Crippen molar-refractivity contribution in [3.8, 4) is 0 Å². The van der Waals surface area contributed by atoms with Crippen LogP contribution in [-0.4, -0.2) is 30.4 Å². The van der Waals surface area contributed by atoms with E-state index in [1.54, 1.807) is 11.3 Å². The molecule has 0 saturated carbocycles. The number of hydrogen-bond donors (Lipinski definition) is 1. The Balaban J connectivity index is 1.99. The van der Waals surface area contributed by atoms with Crippen LogP contribution < -0.4 is 5.32 Å². The van der Waals surface area contributed by atoms with Crippen LogP contribution in [0.25, 0.3) is 0 Å².